The first-order valence-corrected chi connectivity index (χ1v) is 6.36. The Balaban J connectivity index is 2.52. The molecule has 1 aliphatic rings. The first-order valence-electron chi connectivity index (χ1n) is 4.82. The summed E-state index contributed by atoms with van der Waals surface area (Å²) in [6, 6.07) is 5.14. The van der Waals surface area contributed by atoms with Crippen molar-refractivity contribution in [2.75, 3.05) is 27.4 Å². The van der Waals surface area contributed by atoms with Gasteiger partial charge in [-0.1, -0.05) is 6.07 Å². The lowest BCUT2D eigenvalue weighted by Gasteiger charge is -2.23. The van der Waals surface area contributed by atoms with Gasteiger partial charge in [-0.2, -0.15) is 0 Å². The van der Waals surface area contributed by atoms with E-state index in [0.29, 0.717) is 30.0 Å². The molecular formula is C10H13O5P. The number of para-hydroxylation sites is 1. The third-order valence-electron chi connectivity index (χ3n) is 2.32. The maximum absolute atomic E-state index is 12.2. The van der Waals surface area contributed by atoms with E-state index in [-0.39, 0.29) is 0 Å². The van der Waals surface area contributed by atoms with Crippen LogP contribution in [0.4, 0.5) is 0 Å². The topological polar surface area (TPSA) is 54.0 Å². The van der Waals surface area contributed by atoms with Crippen LogP contribution in [-0.2, 0) is 13.6 Å². The molecule has 0 radical (unpaired) electrons. The van der Waals surface area contributed by atoms with Crippen molar-refractivity contribution in [3.8, 4) is 11.5 Å². The van der Waals surface area contributed by atoms with E-state index in [2.05, 4.69) is 0 Å². The third kappa shape index (κ3) is 1.82. The van der Waals surface area contributed by atoms with Crippen LogP contribution in [-0.4, -0.2) is 27.4 Å². The number of hydrogen-bond donors (Lipinski definition) is 0. The van der Waals surface area contributed by atoms with Crippen LogP contribution >= 0.6 is 7.60 Å². The van der Waals surface area contributed by atoms with Gasteiger partial charge >= 0.3 is 7.60 Å². The summed E-state index contributed by atoms with van der Waals surface area (Å²) < 4.78 is 33.0. The summed E-state index contributed by atoms with van der Waals surface area (Å²) in [4.78, 5) is 0. The molecule has 1 aliphatic heterocycles. The van der Waals surface area contributed by atoms with E-state index in [4.69, 9.17) is 18.5 Å². The average Bonchev–Trinajstić information content (AvgIpc) is 2.37. The molecule has 1 heterocycles. The highest BCUT2D eigenvalue weighted by atomic mass is 31.2. The summed E-state index contributed by atoms with van der Waals surface area (Å²) in [5.74, 6) is 1.01. The standard InChI is InChI=1S/C10H13O5P/c1-12-16(11,13-2)9-5-3-4-8-10(9)15-7-6-14-8/h3-5H,6-7H2,1-2H3. The van der Waals surface area contributed by atoms with Crippen LogP contribution in [0.3, 0.4) is 0 Å². The van der Waals surface area contributed by atoms with Gasteiger partial charge in [0.15, 0.2) is 11.5 Å². The van der Waals surface area contributed by atoms with Crippen LogP contribution in [0.5, 0.6) is 11.5 Å². The van der Waals surface area contributed by atoms with E-state index >= 15 is 0 Å². The minimum absolute atomic E-state index is 0.398. The molecule has 0 spiro atoms. The number of rotatable bonds is 3. The van der Waals surface area contributed by atoms with E-state index < -0.39 is 7.60 Å². The van der Waals surface area contributed by atoms with Gasteiger partial charge in [-0.25, -0.2) is 0 Å². The smallest absolute Gasteiger partial charge is 0.364 e. The molecule has 0 amide bonds. The molecule has 1 aromatic rings. The maximum atomic E-state index is 12.2. The van der Waals surface area contributed by atoms with E-state index in [9.17, 15) is 4.57 Å². The second kappa shape index (κ2) is 4.45. The lowest BCUT2D eigenvalue weighted by molar-refractivity contribution is 0.172. The zero-order valence-corrected chi connectivity index (χ0v) is 10.0. The van der Waals surface area contributed by atoms with Crippen molar-refractivity contribution in [2.45, 2.75) is 0 Å². The van der Waals surface area contributed by atoms with E-state index in [1.54, 1.807) is 18.2 Å². The van der Waals surface area contributed by atoms with Crippen molar-refractivity contribution in [2.24, 2.45) is 0 Å². The summed E-state index contributed by atoms with van der Waals surface area (Å²) in [6.07, 6.45) is 0. The van der Waals surface area contributed by atoms with Crippen molar-refractivity contribution in [1.82, 2.24) is 0 Å². The fraction of sp³-hybridized carbons (Fsp3) is 0.400. The number of hydrogen-bond acceptors (Lipinski definition) is 5. The molecule has 0 atom stereocenters. The highest BCUT2D eigenvalue weighted by Gasteiger charge is 2.31. The quantitative estimate of drug-likeness (QED) is 0.755. The fourth-order valence-corrected chi connectivity index (χ4v) is 2.78. The molecule has 0 unspecified atom stereocenters. The molecule has 1 aromatic carbocycles. The molecule has 6 heteroatoms. The van der Waals surface area contributed by atoms with Gasteiger partial charge in [-0.05, 0) is 12.1 Å². The van der Waals surface area contributed by atoms with Crippen LogP contribution in [0.15, 0.2) is 18.2 Å². The van der Waals surface area contributed by atoms with Crippen LogP contribution in [0, 0.1) is 0 Å². The highest BCUT2D eigenvalue weighted by Crippen LogP contribution is 2.49. The minimum Gasteiger partial charge on any atom is -0.486 e. The van der Waals surface area contributed by atoms with Crippen LogP contribution in [0.25, 0.3) is 0 Å². The van der Waals surface area contributed by atoms with Crippen molar-refractivity contribution < 1.29 is 23.1 Å². The summed E-state index contributed by atoms with van der Waals surface area (Å²) >= 11 is 0. The van der Waals surface area contributed by atoms with Crippen molar-refractivity contribution >= 4 is 12.9 Å². The molecule has 88 valence electrons. The van der Waals surface area contributed by atoms with Crippen LogP contribution < -0.4 is 14.8 Å². The zero-order valence-electron chi connectivity index (χ0n) is 9.13. The summed E-state index contributed by atoms with van der Waals surface area (Å²) in [5.41, 5.74) is 0. The molecule has 0 aliphatic carbocycles. The molecule has 16 heavy (non-hydrogen) atoms. The summed E-state index contributed by atoms with van der Waals surface area (Å²) in [5, 5.41) is 0.398. The van der Waals surface area contributed by atoms with Crippen molar-refractivity contribution in [3.63, 3.8) is 0 Å². The molecule has 0 aromatic heterocycles. The minimum atomic E-state index is -3.30. The van der Waals surface area contributed by atoms with Gasteiger partial charge in [0.05, 0.1) is 0 Å². The molecule has 5 nitrogen and oxygen atoms in total. The Kier molecular flexibility index (Phi) is 3.19. The van der Waals surface area contributed by atoms with Gasteiger partial charge < -0.3 is 18.5 Å². The lowest BCUT2D eigenvalue weighted by Crippen LogP contribution is -2.21. The molecule has 0 saturated heterocycles. The third-order valence-corrected chi connectivity index (χ3v) is 4.22. The average molecular weight is 244 g/mol. The van der Waals surface area contributed by atoms with Gasteiger partial charge in [0.25, 0.3) is 0 Å². The first kappa shape index (κ1) is 11.5. The monoisotopic (exact) mass is 244 g/mol. The zero-order chi connectivity index (χ0) is 11.6. The first-order chi connectivity index (χ1) is 7.71. The Hall–Kier alpha value is -1.03. The number of benzene rings is 1. The molecule has 0 bridgehead atoms. The van der Waals surface area contributed by atoms with Crippen molar-refractivity contribution in [3.05, 3.63) is 18.2 Å². The fourth-order valence-electron chi connectivity index (χ4n) is 1.55. The summed E-state index contributed by atoms with van der Waals surface area (Å²) in [7, 11) is -0.618. The molecule has 0 N–H and O–H groups in total. The van der Waals surface area contributed by atoms with Gasteiger partial charge in [0.1, 0.15) is 18.5 Å². The normalized spacial score (nSPS) is 14.9. The van der Waals surface area contributed by atoms with Gasteiger partial charge in [0.2, 0.25) is 0 Å². The highest BCUT2D eigenvalue weighted by molar-refractivity contribution is 7.62. The SMILES string of the molecule is COP(=O)(OC)c1cccc2c1OCCO2. The van der Waals surface area contributed by atoms with E-state index in [1.807, 2.05) is 0 Å². The Morgan fingerprint density at radius 1 is 1.19 bits per heavy atom. The molecule has 0 saturated carbocycles. The molecule has 0 fully saturated rings. The second-order valence-corrected chi connectivity index (χ2v) is 5.37. The van der Waals surface area contributed by atoms with Gasteiger partial charge in [-0.3, -0.25) is 4.57 Å². The van der Waals surface area contributed by atoms with Gasteiger partial charge in [-0.15, -0.1) is 0 Å². The molecular weight excluding hydrogens is 231 g/mol. The summed E-state index contributed by atoms with van der Waals surface area (Å²) in [6.45, 7) is 0.915. The lowest BCUT2D eigenvalue weighted by atomic mass is 10.3. The predicted octanol–water partition coefficient (Wildman–Crippen LogP) is 1.57. The molecule has 2 rings (SSSR count). The number of ether oxygens (including phenoxy) is 2. The van der Waals surface area contributed by atoms with Gasteiger partial charge in [0, 0.05) is 14.2 Å². The Bertz CT molecular complexity index is 423. The van der Waals surface area contributed by atoms with Crippen LogP contribution in [0.2, 0.25) is 0 Å². The van der Waals surface area contributed by atoms with Crippen molar-refractivity contribution in [1.29, 1.82) is 0 Å². The Morgan fingerprint density at radius 2 is 1.88 bits per heavy atom. The van der Waals surface area contributed by atoms with Crippen LogP contribution in [0.1, 0.15) is 0 Å². The second-order valence-electron chi connectivity index (χ2n) is 3.16. The Labute approximate surface area is 93.8 Å². The largest absolute Gasteiger partial charge is 0.486 e. The van der Waals surface area contributed by atoms with E-state index in [1.165, 1.54) is 14.2 Å². The number of fused-ring (bicyclic) bond motifs is 1. The predicted molar refractivity (Wildman–Crippen MR) is 58.7 cm³/mol. The van der Waals surface area contributed by atoms with E-state index in [0.717, 1.165) is 0 Å². The maximum Gasteiger partial charge on any atom is 0.364 e. The Morgan fingerprint density at radius 3 is 2.56 bits per heavy atom.